The van der Waals surface area contributed by atoms with E-state index in [1.165, 1.54) is 22.4 Å². The molecule has 1 aliphatic rings. The summed E-state index contributed by atoms with van der Waals surface area (Å²) in [6.45, 7) is 3.17. The number of thioether (sulfide) groups is 1. The van der Waals surface area contributed by atoms with Crippen molar-refractivity contribution in [3.8, 4) is 0 Å². The van der Waals surface area contributed by atoms with Crippen LogP contribution in [-0.2, 0) is 5.75 Å². The molecule has 1 aromatic heterocycles. The molecule has 2 aromatic carbocycles. The summed E-state index contributed by atoms with van der Waals surface area (Å²) in [6.07, 6.45) is 2.29. The summed E-state index contributed by atoms with van der Waals surface area (Å²) in [5.41, 5.74) is 7.57. The number of rotatable bonds is 3. The monoisotopic (exact) mass is 321 g/mol. The Hall–Kier alpha value is -2.20. The van der Waals surface area contributed by atoms with Gasteiger partial charge in [-0.3, -0.25) is 0 Å². The molecule has 2 heterocycles. The minimum atomic E-state index is 0.917. The van der Waals surface area contributed by atoms with Crippen LogP contribution in [0.15, 0.2) is 53.7 Å². The second kappa shape index (κ2) is 5.78. The second-order valence-electron chi connectivity index (χ2n) is 5.93. The summed E-state index contributed by atoms with van der Waals surface area (Å²) >= 11 is 1.76. The van der Waals surface area contributed by atoms with Crippen LogP contribution in [0.3, 0.4) is 0 Å². The van der Waals surface area contributed by atoms with E-state index < -0.39 is 0 Å². The van der Waals surface area contributed by atoms with Gasteiger partial charge in [0.25, 0.3) is 0 Å². The van der Waals surface area contributed by atoms with Crippen molar-refractivity contribution in [3.05, 3.63) is 59.7 Å². The standard InChI is InChI=1S/C19H19N3S/c1-13-10-11-22(2)18-14(6-5-7-15(13)18)12-23-19-20-16-8-3-4-9-17(16)21-19/h3-10H,11-12H2,1-2H3,(H,20,21). The highest BCUT2D eigenvalue weighted by molar-refractivity contribution is 7.98. The van der Waals surface area contributed by atoms with Crippen LogP contribution in [0.1, 0.15) is 18.1 Å². The fourth-order valence-corrected chi connectivity index (χ4v) is 3.97. The number of nitrogens with one attached hydrogen (secondary N) is 1. The molecule has 1 aliphatic heterocycles. The maximum absolute atomic E-state index is 4.66. The predicted molar refractivity (Wildman–Crippen MR) is 99.0 cm³/mol. The van der Waals surface area contributed by atoms with Gasteiger partial charge in [-0.1, -0.05) is 48.2 Å². The molecule has 4 rings (SSSR count). The molecule has 0 fully saturated rings. The normalized spacial score (nSPS) is 14.0. The Balaban J connectivity index is 1.62. The second-order valence-corrected chi connectivity index (χ2v) is 6.89. The van der Waals surface area contributed by atoms with Gasteiger partial charge in [-0.2, -0.15) is 0 Å². The van der Waals surface area contributed by atoms with Crippen molar-refractivity contribution in [2.75, 3.05) is 18.5 Å². The number of anilines is 1. The Morgan fingerprint density at radius 2 is 2.04 bits per heavy atom. The fourth-order valence-electron chi connectivity index (χ4n) is 3.10. The molecule has 0 amide bonds. The summed E-state index contributed by atoms with van der Waals surface area (Å²) in [7, 11) is 2.16. The molecule has 0 saturated heterocycles. The fraction of sp³-hybridized carbons (Fsp3) is 0.211. The lowest BCUT2D eigenvalue weighted by molar-refractivity contribution is 0.997. The Morgan fingerprint density at radius 3 is 2.91 bits per heavy atom. The summed E-state index contributed by atoms with van der Waals surface area (Å²) in [6, 6.07) is 14.8. The van der Waals surface area contributed by atoms with Gasteiger partial charge in [0, 0.05) is 30.6 Å². The molecule has 0 atom stereocenters. The number of hydrogen-bond acceptors (Lipinski definition) is 3. The van der Waals surface area contributed by atoms with Gasteiger partial charge in [-0.15, -0.1) is 0 Å². The van der Waals surface area contributed by atoms with Gasteiger partial charge in [0.2, 0.25) is 0 Å². The molecule has 3 nitrogen and oxygen atoms in total. The van der Waals surface area contributed by atoms with Gasteiger partial charge in [0.15, 0.2) is 5.16 Å². The highest BCUT2D eigenvalue weighted by Gasteiger charge is 2.17. The van der Waals surface area contributed by atoms with Crippen LogP contribution >= 0.6 is 11.8 Å². The number of nitrogens with zero attached hydrogens (tertiary/aromatic N) is 2. The van der Waals surface area contributed by atoms with Crippen LogP contribution < -0.4 is 4.90 Å². The van der Waals surface area contributed by atoms with Gasteiger partial charge in [-0.05, 0) is 30.2 Å². The van der Waals surface area contributed by atoms with Gasteiger partial charge >= 0.3 is 0 Å². The SMILES string of the molecule is CC1=CCN(C)c2c(CSc3nc4ccccc4[nH]3)cccc21. The third-order valence-electron chi connectivity index (χ3n) is 4.33. The van der Waals surface area contributed by atoms with Crippen LogP contribution in [0.4, 0.5) is 5.69 Å². The summed E-state index contributed by atoms with van der Waals surface area (Å²) in [5.74, 6) is 0.917. The minimum absolute atomic E-state index is 0.917. The number of aromatic nitrogens is 2. The Kier molecular flexibility index (Phi) is 3.62. The number of aromatic amines is 1. The van der Waals surface area contributed by atoms with Gasteiger partial charge in [0.1, 0.15) is 0 Å². The Bertz CT molecular complexity index is 862. The van der Waals surface area contributed by atoms with Crippen molar-refractivity contribution in [2.24, 2.45) is 0 Å². The first-order valence-corrected chi connectivity index (χ1v) is 8.78. The van der Waals surface area contributed by atoms with E-state index in [0.717, 1.165) is 28.5 Å². The maximum atomic E-state index is 4.66. The molecular formula is C19H19N3S. The summed E-state index contributed by atoms with van der Waals surface area (Å²) in [4.78, 5) is 10.4. The molecule has 1 N–H and O–H groups in total. The van der Waals surface area contributed by atoms with Crippen molar-refractivity contribution in [1.82, 2.24) is 9.97 Å². The first-order valence-electron chi connectivity index (χ1n) is 7.80. The molecule has 0 unspecified atom stereocenters. The largest absolute Gasteiger partial charge is 0.370 e. The number of hydrogen-bond donors (Lipinski definition) is 1. The number of allylic oxidation sites excluding steroid dienone is 1. The molecule has 0 bridgehead atoms. The van der Waals surface area contributed by atoms with Gasteiger partial charge in [-0.25, -0.2) is 4.98 Å². The van der Waals surface area contributed by atoms with Crippen LogP contribution in [-0.4, -0.2) is 23.6 Å². The Labute approximate surface area is 140 Å². The zero-order valence-corrected chi connectivity index (χ0v) is 14.2. The van der Waals surface area contributed by atoms with E-state index in [2.05, 4.69) is 59.2 Å². The quantitative estimate of drug-likeness (QED) is 0.709. The van der Waals surface area contributed by atoms with Crippen molar-refractivity contribution in [2.45, 2.75) is 17.8 Å². The third-order valence-corrected chi connectivity index (χ3v) is 5.25. The minimum Gasteiger partial charge on any atom is -0.370 e. The Morgan fingerprint density at radius 1 is 1.17 bits per heavy atom. The number of H-pyrrole nitrogens is 1. The number of imidazole rings is 1. The zero-order valence-electron chi connectivity index (χ0n) is 13.3. The summed E-state index contributed by atoms with van der Waals surface area (Å²) < 4.78 is 0. The molecule has 3 aromatic rings. The van der Waals surface area contributed by atoms with E-state index in [9.17, 15) is 0 Å². The molecule has 23 heavy (non-hydrogen) atoms. The van der Waals surface area contributed by atoms with E-state index in [1.807, 2.05) is 18.2 Å². The lowest BCUT2D eigenvalue weighted by Gasteiger charge is -2.28. The molecule has 0 aliphatic carbocycles. The molecule has 4 heteroatoms. The van der Waals surface area contributed by atoms with E-state index in [1.54, 1.807) is 11.8 Å². The molecule has 116 valence electrons. The molecule has 0 radical (unpaired) electrons. The van der Waals surface area contributed by atoms with Crippen molar-refractivity contribution < 1.29 is 0 Å². The number of likely N-dealkylation sites (N-methyl/N-ethyl adjacent to an activating group) is 1. The average Bonchev–Trinajstić information content (AvgIpc) is 2.99. The van der Waals surface area contributed by atoms with Gasteiger partial charge in [0.05, 0.1) is 11.0 Å². The van der Waals surface area contributed by atoms with Crippen LogP contribution in [0.5, 0.6) is 0 Å². The van der Waals surface area contributed by atoms with Crippen molar-refractivity contribution in [3.63, 3.8) is 0 Å². The van der Waals surface area contributed by atoms with Crippen molar-refractivity contribution >= 4 is 34.1 Å². The smallest absolute Gasteiger partial charge is 0.166 e. The van der Waals surface area contributed by atoms with Crippen LogP contribution in [0, 0.1) is 0 Å². The zero-order chi connectivity index (χ0) is 15.8. The highest BCUT2D eigenvalue weighted by Crippen LogP contribution is 2.36. The van der Waals surface area contributed by atoms with E-state index in [0.29, 0.717) is 0 Å². The predicted octanol–water partition coefficient (Wildman–Crippen LogP) is 4.71. The lowest BCUT2D eigenvalue weighted by Crippen LogP contribution is -2.23. The van der Waals surface area contributed by atoms with Crippen LogP contribution in [0.25, 0.3) is 16.6 Å². The van der Waals surface area contributed by atoms with E-state index >= 15 is 0 Å². The van der Waals surface area contributed by atoms with Gasteiger partial charge < -0.3 is 9.88 Å². The molecular weight excluding hydrogens is 302 g/mol. The van der Waals surface area contributed by atoms with Crippen LogP contribution in [0.2, 0.25) is 0 Å². The van der Waals surface area contributed by atoms with Crippen molar-refractivity contribution in [1.29, 1.82) is 0 Å². The average molecular weight is 321 g/mol. The van der Waals surface area contributed by atoms with E-state index in [-0.39, 0.29) is 0 Å². The number of benzene rings is 2. The van der Waals surface area contributed by atoms with E-state index in [4.69, 9.17) is 0 Å². The highest BCUT2D eigenvalue weighted by atomic mass is 32.2. The molecule has 0 saturated carbocycles. The number of para-hydroxylation sites is 3. The first-order chi connectivity index (χ1) is 11.2. The summed E-state index contributed by atoms with van der Waals surface area (Å²) in [5, 5.41) is 0.981. The molecule has 0 spiro atoms. The lowest BCUT2D eigenvalue weighted by atomic mass is 9.97. The topological polar surface area (TPSA) is 31.9 Å². The first kappa shape index (κ1) is 14.4. The third kappa shape index (κ3) is 2.63. The maximum Gasteiger partial charge on any atom is 0.166 e. The number of fused-ring (bicyclic) bond motifs is 2.